The van der Waals surface area contributed by atoms with E-state index in [1.54, 1.807) is 6.07 Å². The molecule has 34 heavy (non-hydrogen) atoms. The summed E-state index contributed by atoms with van der Waals surface area (Å²) in [5, 5.41) is 8.23. The zero-order valence-electron chi connectivity index (χ0n) is 18.9. The summed E-state index contributed by atoms with van der Waals surface area (Å²) in [7, 11) is 0. The second kappa shape index (κ2) is 9.73. The van der Waals surface area contributed by atoms with Crippen molar-refractivity contribution < 1.29 is 9.53 Å². The molecule has 2 unspecified atom stereocenters. The second-order valence-corrected chi connectivity index (χ2v) is 9.60. The Bertz CT molecular complexity index is 1250. The molecule has 1 heterocycles. The van der Waals surface area contributed by atoms with E-state index < -0.39 is 0 Å². The van der Waals surface area contributed by atoms with Crippen LogP contribution >= 0.6 is 23.2 Å². The van der Waals surface area contributed by atoms with Crippen LogP contribution in [0.3, 0.4) is 0 Å². The van der Waals surface area contributed by atoms with Gasteiger partial charge in [0.25, 0.3) is 0 Å². The minimum atomic E-state index is -0.366. The number of hydrogen-bond acceptors (Lipinski definition) is 4. The molecule has 3 aromatic carbocycles. The molecular formula is C28H26Cl2N2O2. The van der Waals surface area contributed by atoms with E-state index in [4.69, 9.17) is 27.9 Å². The lowest BCUT2D eigenvalue weighted by Crippen LogP contribution is -2.27. The fraction of sp³-hybridized carbons (Fsp3) is 0.250. The number of halogens is 2. The van der Waals surface area contributed by atoms with Gasteiger partial charge in [-0.2, -0.15) is 0 Å². The molecule has 2 aliphatic rings. The Hall–Kier alpha value is -2.95. The first kappa shape index (κ1) is 22.8. The third kappa shape index (κ3) is 4.53. The predicted octanol–water partition coefficient (Wildman–Crippen LogP) is 7.76. The molecule has 0 fully saturated rings. The number of nitrogens with one attached hydrogen (secondary N) is 2. The van der Waals surface area contributed by atoms with Crippen LogP contribution in [0.5, 0.6) is 5.75 Å². The maximum Gasteiger partial charge on any atom is 0.163 e. The normalized spacial score (nSPS) is 19.4. The third-order valence-electron chi connectivity index (χ3n) is 6.41. The molecule has 0 saturated heterocycles. The van der Waals surface area contributed by atoms with E-state index in [1.807, 2.05) is 48.5 Å². The van der Waals surface area contributed by atoms with Crippen molar-refractivity contribution in [3.05, 3.63) is 99.2 Å². The SMILES string of the molecule is CCCOc1ccc(C2CC(=O)C3=C(C2)Nc2ccccc2NC3c2ccc(Cl)cc2Cl)cc1. The van der Waals surface area contributed by atoms with Crippen molar-refractivity contribution in [1.29, 1.82) is 0 Å². The highest BCUT2D eigenvalue weighted by Crippen LogP contribution is 2.45. The molecule has 0 amide bonds. The van der Waals surface area contributed by atoms with Crippen molar-refractivity contribution in [3.8, 4) is 5.75 Å². The fourth-order valence-electron chi connectivity index (χ4n) is 4.75. The number of anilines is 2. The summed E-state index contributed by atoms with van der Waals surface area (Å²) < 4.78 is 5.72. The molecule has 0 saturated carbocycles. The Morgan fingerprint density at radius 2 is 1.74 bits per heavy atom. The van der Waals surface area contributed by atoms with E-state index in [2.05, 4.69) is 29.7 Å². The number of ether oxygens (including phenoxy) is 1. The van der Waals surface area contributed by atoms with Gasteiger partial charge in [-0.1, -0.05) is 60.5 Å². The van der Waals surface area contributed by atoms with Gasteiger partial charge in [-0.3, -0.25) is 4.79 Å². The van der Waals surface area contributed by atoms with Crippen LogP contribution < -0.4 is 15.4 Å². The number of ketones is 1. The van der Waals surface area contributed by atoms with Crippen LogP contribution in [-0.4, -0.2) is 12.4 Å². The van der Waals surface area contributed by atoms with E-state index in [-0.39, 0.29) is 17.7 Å². The van der Waals surface area contributed by atoms with Crippen LogP contribution in [0.1, 0.15) is 49.3 Å². The molecule has 0 radical (unpaired) electrons. The Kier molecular flexibility index (Phi) is 6.53. The molecule has 0 aromatic heterocycles. The number of carbonyl (C=O) groups excluding carboxylic acids is 1. The number of carbonyl (C=O) groups is 1. The summed E-state index contributed by atoms with van der Waals surface area (Å²) in [6.07, 6.45) is 2.14. The maximum atomic E-state index is 13.7. The van der Waals surface area contributed by atoms with Crippen LogP contribution in [0.4, 0.5) is 11.4 Å². The van der Waals surface area contributed by atoms with Crippen molar-refractivity contribution >= 4 is 40.4 Å². The average Bonchev–Trinajstić information content (AvgIpc) is 3.00. The number of para-hydroxylation sites is 2. The van der Waals surface area contributed by atoms with Gasteiger partial charge >= 0.3 is 0 Å². The summed E-state index contributed by atoms with van der Waals surface area (Å²) in [5.74, 6) is 1.06. The highest BCUT2D eigenvalue weighted by molar-refractivity contribution is 6.35. The monoisotopic (exact) mass is 492 g/mol. The topological polar surface area (TPSA) is 50.4 Å². The van der Waals surface area contributed by atoms with Crippen LogP contribution in [0, 0.1) is 0 Å². The van der Waals surface area contributed by atoms with Crippen molar-refractivity contribution in [3.63, 3.8) is 0 Å². The Morgan fingerprint density at radius 3 is 2.47 bits per heavy atom. The van der Waals surface area contributed by atoms with Gasteiger partial charge in [-0.25, -0.2) is 0 Å². The van der Waals surface area contributed by atoms with Crippen molar-refractivity contribution in [1.82, 2.24) is 0 Å². The van der Waals surface area contributed by atoms with E-state index >= 15 is 0 Å². The lowest BCUT2D eigenvalue weighted by Gasteiger charge is -2.30. The Morgan fingerprint density at radius 1 is 0.971 bits per heavy atom. The standard InChI is InChI=1S/C28H26Cl2N2O2/c1-2-13-34-20-10-7-17(8-11-20)18-14-25-27(26(33)15-18)28(21-12-9-19(29)16-22(21)30)32-24-6-4-3-5-23(24)31-25/h3-12,16,18,28,31-32H,2,13-15H2,1H3. The Balaban J connectivity index is 1.53. The summed E-state index contributed by atoms with van der Waals surface area (Å²) in [6.45, 7) is 2.78. The van der Waals surface area contributed by atoms with E-state index in [0.29, 0.717) is 23.1 Å². The molecule has 1 aliphatic heterocycles. The molecule has 4 nitrogen and oxygen atoms in total. The van der Waals surface area contributed by atoms with E-state index in [0.717, 1.165) is 52.4 Å². The Labute approximate surface area is 209 Å². The van der Waals surface area contributed by atoms with Gasteiger partial charge in [0.2, 0.25) is 0 Å². The third-order valence-corrected chi connectivity index (χ3v) is 6.97. The number of Topliss-reactive ketones (excluding diaryl/α,β-unsaturated/α-hetero) is 1. The van der Waals surface area contributed by atoms with Crippen LogP contribution in [-0.2, 0) is 4.79 Å². The quantitative estimate of drug-likeness (QED) is 0.381. The van der Waals surface area contributed by atoms with Gasteiger partial charge in [0, 0.05) is 27.7 Å². The van der Waals surface area contributed by atoms with E-state index in [9.17, 15) is 4.79 Å². The summed E-state index contributed by atoms with van der Waals surface area (Å²) >= 11 is 12.8. The molecular weight excluding hydrogens is 467 g/mol. The van der Waals surface area contributed by atoms with Crippen molar-refractivity contribution in [2.24, 2.45) is 0 Å². The number of allylic oxidation sites excluding steroid dienone is 1. The largest absolute Gasteiger partial charge is 0.494 e. The minimum absolute atomic E-state index is 0.0885. The van der Waals surface area contributed by atoms with Crippen LogP contribution in [0.2, 0.25) is 10.0 Å². The minimum Gasteiger partial charge on any atom is -0.494 e. The second-order valence-electron chi connectivity index (χ2n) is 8.75. The average molecular weight is 493 g/mol. The molecule has 3 aromatic rings. The predicted molar refractivity (Wildman–Crippen MR) is 139 cm³/mol. The van der Waals surface area contributed by atoms with Gasteiger partial charge in [0.1, 0.15) is 5.75 Å². The number of rotatable bonds is 5. The smallest absolute Gasteiger partial charge is 0.163 e. The van der Waals surface area contributed by atoms with Gasteiger partial charge < -0.3 is 15.4 Å². The molecule has 2 atom stereocenters. The first-order valence-electron chi connectivity index (χ1n) is 11.6. The first-order valence-corrected chi connectivity index (χ1v) is 12.4. The molecule has 0 spiro atoms. The van der Waals surface area contributed by atoms with E-state index in [1.165, 1.54) is 0 Å². The maximum absolute atomic E-state index is 13.7. The molecule has 5 rings (SSSR count). The molecule has 6 heteroatoms. The lowest BCUT2D eigenvalue weighted by molar-refractivity contribution is -0.116. The summed E-state index contributed by atoms with van der Waals surface area (Å²) in [5.41, 5.74) is 5.51. The fourth-order valence-corrected chi connectivity index (χ4v) is 5.27. The molecule has 2 N–H and O–H groups in total. The van der Waals surface area contributed by atoms with Gasteiger partial charge in [-0.05, 0) is 66.3 Å². The molecule has 0 bridgehead atoms. The number of benzene rings is 3. The van der Waals surface area contributed by atoms with Crippen LogP contribution in [0.15, 0.2) is 78.0 Å². The zero-order valence-corrected chi connectivity index (χ0v) is 20.4. The number of fused-ring (bicyclic) bond motifs is 1. The highest BCUT2D eigenvalue weighted by Gasteiger charge is 2.36. The first-order chi connectivity index (χ1) is 16.5. The van der Waals surface area contributed by atoms with Gasteiger partial charge in [-0.15, -0.1) is 0 Å². The van der Waals surface area contributed by atoms with Crippen LogP contribution in [0.25, 0.3) is 0 Å². The number of hydrogen-bond donors (Lipinski definition) is 2. The highest BCUT2D eigenvalue weighted by atomic mass is 35.5. The van der Waals surface area contributed by atoms with Gasteiger partial charge in [0.15, 0.2) is 5.78 Å². The molecule has 174 valence electrons. The zero-order chi connectivity index (χ0) is 23.7. The summed E-state index contributed by atoms with van der Waals surface area (Å²) in [4.78, 5) is 13.7. The van der Waals surface area contributed by atoms with Gasteiger partial charge in [0.05, 0.1) is 24.0 Å². The van der Waals surface area contributed by atoms with Crippen molar-refractivity contribution in [2.45, 2.75) is 38.1 Å². The summed E-state index contributed by atoms with van der Waals surface area (Å²) in [6, 6.07) is 21.2. The molecule has 1 aliphatic carbocycles. The lowest BCUT2D eigenvalue weighted by atomic mass is 9.78. The van der Waals surface area contributed by atoms with Crippen molar-refractivity contribution in [2.75, 3.05) is 17.2 Å².